The lowest BCUT2D eigenvalue weighted by atomic mass is 9.92. The molecule has 0 heterocycles. The third-order valence-electron chi connectivity index (χ3n) is 4.06. The third-order valence-corrected chi connectivity index (χ3v) is 4.06. The summed E-state index contributed by atoms with van der Waals surface area (Å²) in [6.45, 7) is 7.27. The van der Waals surface area contributed by atoms with E-state index in [4.69, 9.17) is 10.5 Å². The fourth-order valence-electron chi connectivity index (χ4n) is 3.08. The van der Waals surface area contributed by atoms with Gasteiger partial charge in [-0.1, -0.05) is 19.3 Å². The van der Waals surface area contributed by atoms with Gasteiger partial charge in [0.25, 0.3) is 0 Å². The first-order valence-electron chi connectivity index (χ1n) is 7.15. The van der Waals surface area contributed by atoms with Gasteiger partial charge >= 0.3 is 0 Å². The predicted octanol–water partition coefficient (Wildman–Crippen LogP) is 2.25. The van der Waals surface area contributed by atoms with Gasteiger partial charge in [-0.25, -0.2) is 0 Å². The number of hydrogen-bond donors (Lipinski definition) is 1. The van der Waals surface area contributed by atoms with E-state index in [1.807, 2.05) is 0 Å². The Morgan fingerprint density at radius 3 is 2.53 bits per heavy atom. The normalized spacial score (nSPS) is 26.5. The Morgan fingerprint density at radius 2 is 1.94 bits per heavy atom. The summed E-state index contributed by atoms with van der Waals surface area (Å²) in [6.07, 6.45) is 6.70. The number of methoxy groups -OCH3 is 1. The van der Waals surface area contributed by atoms with Crippen molar-refractivity contribution in [3.05, 3.63) is 0 Å². The van der Waals surface area contributed by atoms with Crippen LogP contribution < -0.4 is 5.73 Å². The fraction of sp³-hybridized carbons (Fsp3) is 1.00. The second-order valence-electron chi connectivity index (χ2n) is 5.53. The van der Waals surface area contributed by atoms with Crippen molar-refractivity contribution in [2.75, 3.05) is 26.8 Å². The largest absolute Gasteiger partial charge is 0.383 e. The summed E-state index contributed by atoms with van der Waals surface area (Å²) in [4.78, 5) is 2.60. The lowest BCUT2D eigenvalue weighted by molar-refractivity contribution is 0.0663. The number of rotatable bonds is 6. The molecule has 3 nitrogen and oxygen atoms in total. The van der Waals surface area contributed by atoms with Gasteiger partial charge in [0.1, 0.15) is 0 Å². The predicted molar refractivity (Wildman–Crippen MR) is 73.1 cm³/mol. The van der Waals surface area contributed by atoms with E-state index in [1.54, 1.807) is 7.11 Å². The first-order valence-corrected chi connectivity index (χ1v) is 7.15. The summed E-state index contributed by atoms with van der Waals surface area (Å²) in [5, 5.41) is 0. The quantitative estimate of drug-likeness (QED) is 0.726. The molecule has 1 fully saturated rings. The number of hydrogen-bond acceptors (Lipinski definition) is 3. The van der Waals surface area contributed by atoms with Gasteiger partial charge in [0, 0.05) is 25.7 Å². The van der Waals surface area contributed by atoms with Gasteiger partial charge in [-0.05, 0) is 39.2 Å². The highest BCUT2D eigenvalue weighted by atomic mass is 16.5. The van der Waals surface area contributed by atoms with Gasteiger partial charge in [0.15, 0.2) is 0 Å². The van der Waals surface area contributed by atoms with E-state index in [9.17, 15) is 0 Å². The van der Waals surface area contributed by atoms with Crippen LogP contribution in [0.15, 0.2) is 0 Å². The number of nitrogens with two attached hydrogens (primary N) is 1. The van der Waals surface area contributed by atoms with Crippen LogP contribution in [0.4, 0.5) is 0 Å². The molecule has 1 rings (SSSR count). The molecule has 0 amide bonds. The fourth-order valence-corrected chi connectivity index (χ4v) is 3.08. The van der Waals surface area contributed by atoms with Crippen molar-refractivity contribution in [1.29, 1.82) is 0 Å². The first-order chi connectivity index (χ1) is 8.20. The van der Waals surface area contributed by atoms with Crippen molar-refractivity contribution in [2.45, 2.75) is 58.0 Å². The Labute approximate surface area is 107 Å². The summed E-state index contributed by atoms with van der Waals surface area (Å²) in [7, 11) is 1.78. The van der Waals surface area contributed by atoms with E-state index < -0.39 is 0 Å². The van der Waals surface area contributed by atoms with Crippen molar-refractivity contribution >= 4 is 0 Å². The molecule has 17 heavy (non-hydrogen) atoms. The molecule has 0 bridgehead atoms. The number of ether oxygens (including phenoxy) is 1. The van der Waals surface area contributed by atoms with Crippen LogP contribution in [0.5, 0.6) is 0 Å². The molecule has 0 spiro atoms. The molecule has 3 heteroatoms. The Morgan fingerprint density at radius 1 is 1.24 bits per heavy atom. The summed E-state index contributed by atoms with van der Waals surface area (Å²) in [6, 6.07) is 1.25. The lowest BCUT2D eigenvalue weighted by Gasteiger charge is -2.38. The summed E-state index contributed by atoms with van der Waals surface area (Å²) in [5.41, 5.74) is 5.97. The van der Waals surface area contributed by atoms with Crippen molar-refractivity contribution in [3.63, 3.8) is 0 Å². The molecule has 0 radical (unpaired) electrons. The van der Waals surface area contributed by atoms with E-state index in [0.29, 0.717) is 18.0 Å². The van der Waals surface area contributed by atoms with Crippen LogP contribution in [0.1, 0.15) is 46.0 Å². The maximum Gasteiger partial charge on any atom is 0.0589 e. The second-order valence-corrected chi connectivity index (χ2v) is 5.53. The highest BCUT2D eigenvalue weighted by Crippen LogP contribution is 2.28. The number of nitrogens with zero attached hydrogens (tertiary/aromatic N) is 1. The highest BCUT2D eigenvalue weighted by molar-refractivity contribution is 4.84. The molecule has 0 saturated heterocycles. The van der Waals surface area contributed by atoms with Gasteiger partial charge in [-0.3, -0.25) is 4.90 Å². The van der Waals surface area contributed by atoms with Crippen molar-refractivity contribution in [1.82, 2.24) is 4.90 Å². The molecule has 1 aliphatic carbocycles. The molecule has 102 valence electrons. The molecule has 0 aliphatic heterocycles. The van der Waals surface area contributed by atoms with Gasteiger partial charge < -0.3 is 10.5 Å². The van der Waals surface area contributed by atoms with E-state index in [0.717, 1.165) is 19.7 Å². The monoisotopic (exact) mass is 242 g/mol. The SMILES string of the molecule is COCCN(C(C)C)C1CCCCCC1CN. The van der Waals surface area contributed by atoms with Gasteiger partial charge in [-0.2, -0.15) is 0 Å². The Bertz CT molecular complexity index is 197. The van der Waals surface area contributed by atoms with E-state index in [1.165, 1.54) is 32.1 Å². The van der Waals surface area contributed by atoms with Crippen molar-refractivity contribution < 1.29 is 4.74 Å². The van der Waals surface area contributed by atoms with Gasteiger partial charge in [0.05, 0.1) is 6.61 Å². The molecule has 2 N–H and O–H groups in total. The Balaban J connectivity index is 2.66. The van der Waals surface area contributed by atoms with Crippen LogP contribution in [-0.2, 0) is 4.74 Å². The molecule has 0 aromatic heterocycles. The summed E-state index contributed by atoms with van der Waals surface area (Å²) in [5.74, 6) is 0.678. The first kappa shape index (κ1) is 14.9. The highest BCUT2D eigenvalue weighted by Gasteiger charge is 2.29. The average Bonchev–Trinajstić information content (AvgIpc) is 2.54. The van der Waals surface area contributed by atoms with Gasteiger partial charge in [-0.15, -0.1) is 0 Å². The molecule has 2 atom stereocenters. The zero-order valence-corrected chi connectivity index (χ0v) is 11.8. The van der Waals surface area contributed by atoms with E-state index in [2.05, 4.69) is 18.7 Å². The van der Waals surface area contributed by atoms with Crippen LogP contribution in [0, 0.1) is 5.92 Å². The maximum atomic E-state index is 5.97. The minimum Gasteiger partial charge on any atom is -0.383 e. The van der Waals surface area contributed by atoms with Crippen LogP contribution in [0.2, 0.25) is 0 Å². The Hall–Kier alpha value is -0.120. The van der Waals surface area contributed by atoms with Crippen LogP contribution in [0.3, 0.4) is 0 Å². The van der Waals surface area contributed by atoms with Gasteiger partial charge in [0.2, 0.25) is 0 Å². The average molecular weight is 242 g/mol. The molecule has 1 aliphatic rings. The van der Waals surface area contributed by atoms with E-state index in [-0.39, 0.29) is 0 Å². The zero-order valence-electron chi connectivity index (χ0n) is 11.8. The minimum absolute atomic E-state index is 0.585. The topological polar surface area (TPSA) is 38.5 Å². The van der Waals surface area contributed by atoms with Crippen LogP contribution in [0.25, 0.3) is 0 Å². The van der Waals surface area contributed by atoms with Crippen molar-refractivity contribution in [3.8, 4) is 0 Å². The second kappa shape index (κ2) is 8.06. The lowest BCUT2D eigenvalue weighted by Crippen LogP contribution is -2.47. The Kier molecular flexibility index (Phi) is 7.09. The molecule has 0 aromatic carbocycles. The summed E-state index contributed by atoms with van der Waals surface area (Å²) < 4.78 is 5.24. The third kappa shape index (κ3) is 4.57. The molecule has 1 saturated carbocycles. The van der Waals surface area contributed by atoms with Crippen molar-refractivity contribution in [2.24, 2.45) is 11.7 Å². The molecule has 0 aromatic rings. The van der Waals surface area contributed by atoms with Crippen LogP contribution in [-0.4, -0.2) is 43.8 Å². The van der Waals surface area contributed by atoms with Crippen LogP contribution >= 0.6 is 0 Å². The minimum atomic E-state index is 0.585. The molecule has 2 unspecified atom stereocenters. The standard InChI is InChI=1S/C14H30N2O/c1-12(2)16(9-10-17-3)14-8-6-4-5-7-13(14)11-15/h12-14H,4-11,15H2,1-3H3. The van der Waals surface area contributed by atoms with E-state index >= 15 is 0 Å². The summed E-state index contributed by atoms with van der Waals surface area (Å²) >= 11 is 0. The molecular formula is C14H30N2O. The maximum absolute atomic E-state index is 5.97. The molecular weight excluding hydrogens is 212 g/mol. The zero-order chi connectivity index (χ0) is 12.7. The smallest absolute Gasteiger partial charge is 0.0589 e.